The molecule has 2 aromatic rings. The van der Waals surface area contributed by atoms with Crippen molar-refractivity contribution < 1.29 is 14.6 Å². The van der Waals surface area contributed by atoms with Crippen molar-refractivity contribution in [1.82, 2.24) is 0 Å². The Hall–Kier alpha value is -1.94. The lowest BCUT2D eigenvalue weighted by atomic mass is 10.0. The number of Topliss-reactive ketones (excluding diaryl/α,β-unsaturated/α-hetero) is 1. The van der Waals surface area contributed by atoms with Crippen LogP contribution in [0.25, 0.3) is 0 Å². The molecule has 1 heterocycles. The first-order valence-electron chi connectivity index (χ1n) is 6.35. The van der Waals surface area contributed by atoms with Crippen LogP contribution in [0.1, 0.15) is 27.6 Å². The average Bonchev–Trinajstić information content (AvgIpc) is 2.49. The van der Waals surface area contributed by atoms with Gasteiger partial charge >= 0.3 is 0 Å². The summed E-state index contributed by atoms with van der Waals surface area (Å²) in [5, 5.41) is 10.1. The number of carbonyl (C=O) groups excluding carboxylic acids is 1. The zero-order chi connectivity index (χ0) is 14.1. The van der Waals surface area contributed by atoms with Crippen LogP contribution in [-0.4, -0.2) is 18.0 Å². The fourth-order valence-electron chi connectivity index (χ4n) is 2.42. The number of methoxy groups -OCH3 is 1. The van der Waals surface area contributed by atoms with E-state index in [2.05, 4.69) is 0 Å². The van der Waals surface area contributed by atoms with Crippen LogP contribution in [0.4, 0.5) is 0 Å². The predicted octanol–water partition coefficient (Wildman–Crippen LogP) is 3.82. The van der Waals surface area contributed by atoms with Crippen molar-refractivity contribution in [3.05, 3.63) is 53.6 Å². The van der Waals surface area contributed by atoms with Gasteiger partial charge in [-0.05, 0) is 17.7 Å². The van der Waals surface area contributed by atoms with E-state index < -0.39 is 0 Å². The lowest BCUT2D eigenvalue weighted by molar-refractivity contribution is 0.0972. The number of phenols is 1. The van der Waals surface area contributed by atoms with Crippen LogP contribution >= 0.6 is 11.8 Å². The minimum atomic E-state index is 0.0142. The van der Waals surface area contributed by atoms with Crippen LogP contribution in [0, 0.1) is 0 Å². The van der Waals surface area contributed by atoms with E-state index in [1.807, 2.05) is 30.3 Å². The highest BCUT2D eigenvalue weighted by Crippen LogP contribution is 2.50. The number of benzene rings is 2. The van der Waals surface area contributed by atoms with Gasteiger partial charge in [-0.15, -0.1) is 11.8 Å². The number of hydrogen-bond acceptors (Lipinski definition) is 4. The molecular formula is C16H14O3S. The molecule has 1 aliphatic heterocycles. The Morgan fingerprint density at radius 2 is 1.95 bits per heavy atom. The monoisotopic (exact) mass is 286 g/mol. The molecule has 3 nitrogen and oxygen atoms in total. The number of thioether (sulfide) groups is 1. The summed E-state index contributed by atoms with van der Waals surface area (Å²) in [7, 11) is 1.54. The maximum Gasteiger partial charge on any atom is 0.169 e. The van der Waals surface area contributed by atoms with Crippen LogP contribution in [-0.2, 0) is 0 Å². The van der Waals surface area contributed by atoms with Crippen LogP contribution in [0.15, 0.2) is 47.4 Å². The lowest BCUT2D eigenvalue weighted by Crippen LogP contribution is -2.13. The van der Waals surface area contributed by atoms with E-state index >= 15 is 0 Å². The molecule has 0 saturated heterocycles. The Morgan fingerprint density at radius 3 is 2.65 bits per heavy atom. The highest BCUT2D eigenvalue weighted by atomic mass is 32.2. The minimum Gasteiger partial charge on any atom is -0.507 e. The Labute approximate surface area is 121 Å². The van der Waals surface area contributed by atoms with E-state index in [4.69, 9.17) is 4.74 Å². The Balaban J connectivity index is 2.05. The Morgan fingerprint density at radius 1 is 1.20 bits per heavy atom. The number of ketones is 1. The summed E-state index contributed by atoms with van der Waals surface area (Å²) in [6.45, 7) is 0. The van der Waals surface area contributed by atoms with Crippen LogP contribution in [0.3, 0.4) is 0 Å². The van der Waals surface area contributed by atoms with Crippen molar-refractivity contribution in [1.29, 1.82) is 0 Å². The quantitative estimate of drug-likeness (QED) is 0.911. The summed E-state index contributed by atoms with van der Waals surface area (Å²) in [4.78, 5) is 13.0. The predicted molar refractivity (Wildman–Crippen MR) is 78.6 cm³/mol. The number of fused-ring (bicyclic) bond motifs is 1. The molecule has 0 aromatic heterocycles. The van der Waals surface area contributed by atoms with Crippen LogP contribution < -0.4 is 4.74 Å². The van der Waals surface area contributed by atoms with Gasteiger partial charge in [0.25, 0.3) is 0 Å². The van der Waals surface area contributed by atoms with Crippen LogP contribution in [0.5, 0.6) is 11.5 Å². The van der Waals surface area contributed by atoms with Crippen molar-refractivity contribution in [2.75, 3.05) is 7.11 Å². The normalized spacial score (nSPS) is 17.6. The summed E-state index contributed by atoms with van der Waals surface area (Å²) < 4.78 is 5.23. The largest absolute Gasteiger partial charge is 0.507 e. The lowest BCUT2D eigenvalue weighted by Gasteiger charge is -2.25. The van der Waals surface area contributed by atoms with Gasteiger partial charge in [-0.3, -0.25) is 4.79 Å². The average molecular weight is 286 g/mol. The second kappa shape index (κ2) is 5.21. The van der Waals surface area contributed by atoms with E-state index in [1.165, 1.54) is 18.9 Å². The highest BCUT2D eigenvalue weighted by Gasteiger charge is 2.31. The zero-order valence-electron chi connectivity index (χ0n) is 11.0. The summed E-state index contributed by atoms with van der Waals surface area (Å²) in [5.41, 5.74) is 1.60. The third-order valence-corrected chi connectivity index (χ3v) is 4.77. The number of rotatable bonds is 2. The number of ether oxygens (including phenoxy) is 1. The van der Waals surface area contributed by atoms with Crippen molar-refractivity contribution in [2.24, 2.45) is 0 Å². The third kappa shape index (κ3) is 2.16. The summed E-state index contributed by atoms with van der Waals surface area (Å²) >= 11 is 1.52. The smallest absolute Gasteiger partial charge is 0.169 e. The molecule has 0 fully saturated rings. The fourth-order valence-corrected chi connectivity index (χ4v) is 3.75. The maximum absolute atomic E-state index is 12.4. The zero-order valence-corrected chi connectivity index (χ0v) is 11.8. The maximum atomic E-state index is 12.4. The van der Waals surface area contributed by atoms with Gasteiger partial charge in [0.1, 0.15) is 11.5 Å². The minimum absolute atomic E-state index is 0.0142. The topological polar surface area (TPSA) is 46.5 Å². The number of aromatic hydroxyl groups is 1. The van der Waals surface area contributed by atoms with Gasteiger partial charge in [-0.2, -0.15) is 0 Å². The standard InChI is InChI=1S/C16H14O3S/c1-19-13-8-7-11(17)16-15(13)12(18)9-14(20-16)10-5-3-2-4-6-10/h2-8,14,17H,9H2,1H3. The van der Waals surface area contributed by atoms with Crippen molar-refractivity contribution in [3.8, 4) is 11.5 Å². The molecule has 2 aromatic carbocycles. The highest BCUT2D eigenvalue weighted by molar-refractivity contribution is 7.99. The Bertz CT molecular complexity index is 652. The van der Waals surface area contributed by atoms with Gasteiger partial charge in [0.2, 0.25) is 0 Å². The molecule has 0 bridgehead atoms. The molecule has 20 heavy (non-hydrogen) atoms. The van der Waals surface area contributed by atoms with Gasteiger partial charge in [0.05, 0.1) is 17.6 Å². The van der Waals surface area contributed by atoms with Crippen LogP contribution in [0.2, 0.25) is 0 Å². The van der Waals surface area contributed by atoms with Gasteiger partial charge in [-0.25, -0.2) is 0 Å². The second-order valence-electron chi connectivity index (χ2n) is 4.64. The van der Waals surface area contributed by atoms with Crippen molar-refractivity contribution in [2.45, 2.75) is 16.6 Å². The first-order valence-corrected chi connectivity index (χ1v) is 7.23. The first kappa shape index (κ1) is 13.1. The molecule has 1 aliphatic rings. The molecule has 4 heteroatoms. The molecule has 0 aliphatic carbocycles. The fraction of sp³-hybridized carbons (Fsp3) is 0.188. The van der Waals surface area contributed by atoms with Gasteiger partial charge in [0.15, 0.2) is 5.78 Å². The number of carbonyl (C=O) groups is 1. The summed E-state index contributed by atoms with van der Waals surface area (Å²) in [5.74, 6) is 0.682. The SMILES string of the molecule is COc1ccc(O)c2c1C(=O)CC(c1ccccc1)S2. The number of phenolic OH excluding ortho intramolecular Hbond substituents is 1. The van der Waals surface area contributed by atoms with Gasteiger partial charge in [-0.1, -0.05) is 30.3 Å². The first-order chi connectivity index (χ1) is 9.70. The molecule has 0 radical (unpaired) electrons. The van der Waals surface area contributed by atoms with Crippen molar-refractivity contribution >= 4 is 17.5 Å². The molecule has 1 unspecified atom stereocenters. The molecule has 0 spiro atoms. The third-order valence-electron chi connectivity index (χ3n) is 3.40. The molecule has 0 saturated carbocycles. The van der Waals surface area contributed by atoms with Gasteiger partial charge in [0, 0.05) is 11.7 Å². The van der Waals surface area contributed by atoms with E-state index in [1.54, 1.807) is 12.1 Å². The van der Waals surface area contributed by atoms with E-state index in [0.29, 0.717) is 22.6 Å². The van der Waals surface area contributed by atoms with Crippen molar-refractivity contribution in [3.63, 3.8) is 0 Å². The van der Waals surface area contributed by atoms with Gasteiger partial charge < -0.3 is 9.84 Å². The second-order valence-corrected chi connectivity index (χ2v) is 5.85. The van der Waals surface area contributed by atoms with E-state index in [9.17, 15) is 9.90 Å². The van der Waals surface area contributed by atoms with E-state index in [0.717, 1.165) is 5.56 Å². The molecule has 1 atom stereocenters. The molecule has 0 amide bonds. The molecule has 102 valence electrons. The summed E-state index contributed by atoms with van der Waals surface area (Å²) in [6, 6.07) is 13.1. The molecule has 3 rings (SSSR count). The van der Waals surface area contributed by atoms with E-state index in [-0.39, 0.29) is 16.8 Å². The summed E-state index contributed by atoms with van der Waals surface area (Å²) in [6.07, 6.45) is 0.418. The Kier molecular flexibility index (Phi) is 3.40. The molecule has 1 N–H and O–H groups in total. The molecular weight excluding hydrogens is 272 g/mol. The number of hydrogen-bond donors (Lipinski definition) is 1.